The number of anilines is 1. The van der Waals surface area contributed by atoms with Gasteiger partial charge in [-0.05, 0) is 25.8 Å². The van der Waals surface area contributed by atoms with Gasteiger partial charge in [-0.2, -0.15) is 5.10 Å². The first-order chi connectivity index (χ1) is 13.8. The first-order valence-corrected chi connectivity index (χ1v) is 9.58. The molecule has 1 saturated heterocycles. The highest BCUT2D eigenvalue weighted by Crippen LogP contribution is 2.43. The van der Waals surface area contributed by atoms with Crippen molar-refractivity contribution in [3.8, 4) is 22.9 Å². The van der Waals surface area contributed by atoms with Crippen molar-refractivity contribution < 1.29 is 9.47 Å². The number of methoxy groups -OCH3 is 2. The molecule has 9 heteroatoms. The summed E-state index contributed by atoms with van der Waals surface area (Å²) in [6.45, 7) is 1.91. The third-order valence-corrected chi connectivity index (χ3v) is 5.28. The first kappa shape index (κ1) is 17.2. The summed E-state index contributed by atoms with van der Waals surface area (Å²) < 4.78 is 12.9. The lowest BCUT2D eigenvalue weighted by Gasteiger charge is -2.14. The number of hydrogen-bond acceptors (Lipinski definition) is 8. The second-order valence-electron chi connectivity index (χ2n) is 7.23. The molecule has 2 fully saturated rings. The van der Waals surface area contributed by atoms with Crippen LogP contribution in [0.2, 0.25) is 0 Å². The SMILES string of the molecule is COc1cnc(N[C@@H]2CCNC2)nc1-c1cnc2cc(OC)c(C3CC3)nn12. The van der Waals surface area contributed by atoms with Crippen LogP contribution < -0.4 is 20.1 Å². The van der Waals surface area contributed by atoms with E-state index in [4.69, 9.17) is 19.6 Å². The molecule has 2 aliphatic rings. The summed E-state index contributed by atoms with van der Waals surface area (Å²) in [6, 6.07) is 2.26. The lowest BCUT2D eigenvalue weighted by atomic mass is 10.2. The molecule has 1 aliphatic heterocycles. The molecule has 0 amide bonds. The number of imidazole rings is 1. The highest BCUT2D eigenvalue weighted by molar-refractivity contribution is 5.67. The van der Waals surface area contributed by atoms with E-state index < -0.39 is 0 Å². The van der Waals surface area contributed by atoms with Crippen molar-refractivity contribution in [2.24, 2.45) is 0 Å². The van der Waals surface area contributed by atoms with Gasteiger partial charge >= 0.3 is 0 Å². The summed E-state index contributed by atoms with van der Waals surface area (Å²) >= 11 is 0. The van der Waals surface area contributed by atoms with E-state index in [9.17, 15) is 0 Å². The Morgan fingerprint density at radius 3 is 2.68 bits per heavy atom. The first-order valence-electron chi connectivity index (χ1n) is 9.58. The average Bonchev–Trinajstić information content (AvgIpc) is 3.29. The predicted molar refractivity (Wildman–Crippen MR) is 104 cm³/mol. The Balaban J connectivity index is 1.59. The third-order valence-electron chi connectivity index (χ3n) is 5.28. The minimum Gasteiger partial charge on any atom is -0.495 e. The number of ether oxygens (including phenoxy) is 2. The highest BCUT2D eigenvalue weighted by Gasteiger charge is 2.30. The Hall–Kier alpha value is -2.94. The van der Waals surface area contributed by atoms with E-state index in [0.29, 0.717) is 35.0 Å². The number of nitrogens with zero attached hydrogens (tertiary/aromatic N) is 5. The molecule has 3 aromatic rings. The topological polar surface area (TPSA) is 98.5 Å². The highest BCUT2D eigenvalue weighted by atomic mass is 16.5. The summed E-state index contributed by atoms with van der Waals surface area (Å²) in [5.74, 6) is 2.41. The maximum atomic E-state index is 5.53. The fourth-order valence-electron chi connectivity index (χ4n) is 3.61. The molecule has 0 bridgehead atoms. The summed E-state index contributed by atoms with van der Waals surface area (Å²) in [4.78, 5) is 13.6. The van der Waals surface area contributed by atoms with Crippen LogP contribution in [-0.2, 0) is 0 Å². The zero-order valence-electron chi connectivity index (χ0n) is 16.0. The van der Waals surface area contributed by atoms with E-state index in [1.54, 1.807) is 26.6 Å². The van der Waals surface area contributed by atoms with Crippen LogP contribution in [0.5, 0.6) is 11.5 Å². The molecular weight excluding hydrogens is 358 g/mol. The molecule has 1 aliphatic carbocycles. The maximum Gasteiger partial charge on any atom is 0.223 e. The maximum absolute atomic E-state index is 5.53. The molecule has 0 radical (unpaired) electrons. The van der Waals surface area contributed by atoms with Crippen molar-refractivity contribution in [2.75, 3.05) is 32.6 Å². The Bertz CT molecular complexity index is 1010. The summed E-state index contributed by atoms with van der Waals surface area (Å²) in [5, 5.41) is 11.6. The lowest BCUT2D eigenvalue weighted by Crippen LogP contribution is -2.23. The van der Waals surface area contributed by atoms with Gasteiger partial charge < -0.3 is 20.1 Å². The average molecular weight is 381 g/mol. The molecule has 0 aromatic carbocycles. The number of hydrogen-bond donors (Lipinski definition) is 2. The van der Waals surface area contributed by atoms with Gasteiger partial charge in [0.1, 0.15) is 22.8 Å². The smallest absolute Gasteiger partial charge is 0.223 e. The van der Waals surface area contributed by atoms with E-state index in [1.165, 1.54) is 0 Å². The summed E-state index contributed by atoms with van der Waals surface area (Å²) in [7, 11) is 3.29. The Morgan fingerprint density at radius 1 is 1.11 bits per heavy atom. The molecule has 2 N–H and O–H groups in total. The van der Waals surface area contributed by atoms with Gasteiger partial charge in [-0.1, -0.05) is 0 Å². The Morgan fingerprint density at radius 2 is 1.96 bits per heavy atom. The third kappa shape index (κ3) is 3.01. The number of fused-ring (bicyclic) bond motifs is 1. The van der Waals surface area contributed by atoms with Gasteiger partial charge in [0, 0.05) is 24.6 Å². The minimum atomic E-state index is 0.326. The van der Waals surface area contributed by atoms with E-state index >= 15 is 0 Å². The monoisotopic (exact) mass is 381 g/mol. The van der Waals surface area contributed by atoms with Crippen LogP contribution in [0.4, 0.5) is 5.95 Å². The molecule has 4 heterocycles. The molecule has 28 heavy (non-hydrogen) atoms. The van der Waals surface area contributed by atoms with Crippen LogP contribution in [0, 0.1) is 0 Å². The van der Waals surface area contributed by atoms with Crippen molar-refractivity contribution in [1.29, 1.82) is 0 Å². The zero-order chi connectivity index (χ0) is 19.1. The standard InChI is InChI=1S/C19H23N7O2/c1-27-14-7-16-21-9-13(26(16)25-17(14)11-3-4-11)18-15(28-2)10-22-19(24-18)23-12-5-6-20-8-12/h7,9-12,20H,3-6,8H2,1-2H3,(H,22,23,24)/t12-/m1/s1. The molecule has 5 rings (SSSR count). The van der Waals surface area contributed by atoms with Crippen molar-refractivity contribution in [3.05, 3.63) is 24.2 Å². The van der Waals surface area contributed by atoms with E-state index in [0.717, 1.165) is 49.5 Å². The fourth-order valence-corrected chi connectivity index (χ4v) is 3.61. The molecule has 0 spiro atoms. The minimum absolute atomic E-state index is 0.326. The van der Waals surface area contributed by atoms with Gasteiger partial charge in [-0.3, -0.25) is 0 Å². The zero-order valence-corrected chi connectivity index (χ0v) is 16.0. The second-order valence-corrected chi connectivity index (χ2v) is 7.23. The molecule has 146 valence electrons. The number of nitrogens with one attached hydrogen (secondary N) is 2. The van der Waals surface area contributed by atoms with Gasteiger partial charge in [0.15, 0.2) is 11.4 Å². The Kier molecular flexibility index (Phi) is 4.23. The summed E-state index contributed by atoms with van der Waals surface area (Å²) in [6.07, 6.45) is 6.78. The fraction of sp³-hybridized carbons (Fsp3) is 0.474. The van der Waals surface area contributed by atoms with Crippen molar-refractivity contribution in [1.82, 2.24) is 29.9 Å². The van der Waals surface area contributed by atoms with Crippen molar-refractivity contribution >= 4 is 11.6 Å². The largest absolute Gasteiger partial charge is 0.495 e. The van der Waals surface area contributed by atoms with Crippen molar-refractivity contribution in [2.45, 2.75) is 31.2 Å². The molecule has 9 nitrogen and oxygen atoms in total. The van der Waals surface area contributed by atoms with Crippen LogP contribution >= 0.6 is 0 Å². The van der Waals surface area contributed by atoms with E-state index in [-0.39, 0.29) is 0 Å². The number of rotatable bonds is 6. The Labute approximate surface area is 162 Å². The van der Waals surface area contributed by atoms with E-state index in [1.807, 2.05) is 10.6 Å². The molecule has 1 saturated carbocycles. The summed E-state index contributed by atoms with van der Waals surface area (Å²) in [5.41, 5.74) is 3.12. The van der Waals surface area contributed by atoms with Gasteiger partial charge in [-0.25, -0.2) is 19.5 Å². The van der Waals surface area contributed by atoms with Crippen molar-refractivity contribution in [3.63, 3.8) is 0 Å². The van der Waals surface area contributed by atoms with Gasteiger partial charge in [0.2, 0.25) is 5.95 Å². The lowest BCUT2D eigenvalue weighted by molar-refractivity contribution is 0.405. The van der Waals surface area contributed by atoms with Crippen LogP contribution in [0.25, 0.3) is 17.0 Å². The van der Waals surface area contributed by atoms with Gasteiger partial charge in [0.05, 0.1) is 26.6 Å². The molecule has 3 aromatic heterocycles. The predicted octanol–water partition coefficient (Wildman–Crippen LogP) is 1.85. The second kappa shape index (κ2) is 6.90. The van der Waals surface area contributed by atoms with Crippen LogP contribution in [0.1, 0.15) is 30.9 Å². The van der Waals surface area contributed by atoms with Gasteiger partial charge in [0.25, 0.3) is 0 Å². The van der Waals surface area contributed by atoms with Crippen LogP contribution in [0.3, 0.4) is 0 Å². The van der Waals surface area contributed by atoms with E-state index in [2.05, 4.69) is 20.6 Å². The van der Waals surface area contributed by atoms with Crippen LogP contribution in [-0.4, -0.2) is 57.9 Å². The molecule has 1 atom stereocenters. The molecule has 0 unspecified atom stereocenters. The molecular formula is C19H23N7O2. The normalized spacial score (nSPS) is 19.1. The quantitative estimate of drug-likeness (QED) is 0.668. The van der Waals surface area contributed by atoms with Crippen LogP contribution in [0.15, 0.2) is 18.5 Å². The van der Waals surface area contributed by atoms with Gasteiger partial charge in [-0.15, -0.1) is 0 Å². The number of aromatic nitrogens is 5.